The van der Waals surface area contributed by atoms with Crippen molar-refractivity contribution in [1.29, 1.82) is 0 Å². The van der Waals surface area contributed by atoms with E-state index in [0.29, 0.717) is 30.4 Å². The highest BCUT2D eigenvalue weighted by Gasteiger charge is 2.30. The first kappa shape index (κ1) is 32.1. The first-order chi connectivity index (χ1) is 18.3. The van der Waals surface area contributed by atoms with Crippen molar-refractivity contribution in [3.8, 4) is 11.5 Å². The number of benzene rings is 1. The van der Waals surface area contributed by atoms with Gasteiger partial charge >= 0.3 is 6.09 Å². The lowest BCUT2D eigenvalue weighted by atomic mass is 9.87. The number of methoxy groups -OCH3 is 2. The van der Waals surface area contributed by atoms with Gasteiger partial charge in [-0.1, -0.05) is 26.0 Å². The smallest absolute Gasteiger partial charge is 0.405 e. The Morgan fingerprint density at radius 2 is 1.77 bits per heavy atom. The summed E-state index contributed by atoms with van der Waals surface area (Å²) in [5, 5.41) is 34.7. The number of ether oxygens (including phenoxy) is 3. The molecule has 0 unspecified atom stereocenters. The zero-order chi connectivity index (χ0) is 29.4. The van der Waals surface area contributed by atoms with Gasteiger partial charge in [-0.25, -0.2) is 9.18 Å². The van der Waals surface area contributed by atoms with E-state index >= 15 is 0 Å². The lowest BCUT2D eigenvalue weighted by Crippen LogP contribution is -2.37. The number of aliphatic hydroxyl groups is 1. The van der Waals surface area contributed by atoms with Crippen LogP contribution in [0.2, 0.25) is 0 Å². The maximum Gasteiger partial charge on any atom is 0.405 e. The number of hydrogen-bond acceptors (Lipinski definition) is 8. The Morgan fingerprint density at radius 3 is 2.36 bits per heavy atom. The Labute approximate surface area is 228 Å². The summed E-state index contributed by atoms with van der Waals surface area (Å²) < 4.78 is 31.1. The predicted molar refractivity (Wildman–Crippen MR) is 144 cm³/mol. The Kier molecular flexibility index (Phi) is 11.8. The van der Waals surface area contributed by atoms with E-state index in [1.807, 2.05) is 6.92 Å². The lowest BCUT2D eigenvalue weighted by Gasteiger charge is -2.30. The van der Waals surface area contributed by atoms with Crippen LogP contribution in [0.25, 0.3) is 0 Å². The predicted octanol–water partition coefficient (Wildman–Crippen LogP) is 3.92. The van der Waals surface area contributed by atoms with Gasteiger partial charge in [0.25, 0.3) is 5.91 Å². The van der Waals surface area contributed by atoms with E-state index in [9.17, 15) is 29.3 Å². The summed E-state index contributed by atoms with van der Waals surface area (Å²) in [6.07, 6.45) is 0.408. The molecule has 218 valence electrons. The highest BCUT2D eigenvalue weighted by molar-refractivity contribution is 6.04. The molecule has 0 spiro atoms. The maximum absolute atomic E-state index is 14.6. The summed E-state index contributed by atoms with van der Waals surface area (Å²) >= 11 is 0. The van der Waals surface area contributed by atoms with Crippen molar-refractivity contribution < 1.29 is 43.5 Å². The Bertz CT molecular complexity index is 1090. The zero-order valence-electron chi connectivity index (χ0n) is 23.4. The van der Waals surface area contributed by atoms with Gasteiger partial charge in [-0.15, -0.1) is 0 Å². The molecule has 0 aromatic heterocycles. The molecular weight excluding hydrogens is 511 g/mol. The van der Waals surface area contributed by atoms with Crippen LogP contribution in [0.1, 0.15) is 52.5 Å². The van der Waals surface area contributed by atoms with Gasteiger partial charge in [0.15, 0.2) is 17.7 Å². The highest BCUT2D eigenvalue weighted by atomic mass is 19.1. The number of halogens is 1. The molecule has 1 heterocycles. The molecule has 6 N–H and O–H groups in total. The van der Waals surface area contributed by atoms with Crippen molar-refractivity contribution in [1.82, 2.24) is 0 Å². The number of primary amides is 1. The molecule has 11 heteroatoms. The molecule has 0 saturated heterocycles. The average Bonchev–Trinajstić information content (AvgIpc) is 2.88. The van der Waals surface area contributed by atoms with E-state index in [1.165, 1.54) is 14.2 Å². The van der Waals surface area contributed by atoms with Crippen molar-refractivity contribution in [3.05, 3.63) is 40.7 Å². The highest BCUT2D eigenvalue weighted by Crippen LogP contribution is 2.39. The van der Waals surface area contributed by atoms with Crippen LogP contribution in [0.15, 0.2) is 29.4 Å². The number of aliphatic hydroxyl groups excluding tert-OH is 1. The largest absolute Gasteiger partial charge is 0.505 e. The molecule has 0 radical (unpaired) electrons. The number of fused-ring (bicyclic) bond motifs is 2. The van der Waals surface area contributed by atoms with Crippen molar-refractivity contribution in [3.63, 3.8) is 0 Å². The standard InChI is InChI=1S/C28H41FN2O8/c1-14-10-18-24(33)19(29)13-20(25(18)34)31-27(35)15(2)8-7-9-21(37-5)26(39-28(30)36)17(4)12-16(3)23(32)22(11-14)38-6/h8,12-14,16,21-23,26,32-34H,7,9-11H2,1-6H3,(H2,30,36)(H,31,35)/b15-8+,17-12+/t14-,16+,21+,22+,23-,26+/m1/s1. The van der Waals surface area contributed by atoms with Gasteiger partial charge in [0, 0.05) is 37.3 Å². The molecule has 0 saturated carbocycles. The SMILES string of the molecule is CO[C@H]1C[C@H](C)Cc2c(O)c(F)cc(c2O)NC(=O)/C(C)=C/CC[C@H](OC)[C@@H](OC(N)=O)/C(C)=C/[C@H](C)[C@H]1O. The van der Waals surface area contributed by atoms with Crippen LogP contribution < -0.4 is 11.1 Å². The number of phenols is 2. The van der Waals surface area contributed by atoms with Gasteiger partial charge in [-0.2, -0.15) is 0 Å². The molecule has 2 bridgehead atoms. The van der Waals surface area contributed by atoms with Gasteiger partial charge in [-0.05, 0) is 51.0 Å². The van der Waals surface area contributed by atoms with Crippen LogP contribution in [0.4, 0.5) is 14.9 Å². The number of nitrogens with one attached hydrogen (secondary N) is 1. The summed E-state index contributed by atoms with van der Waals surface area (Å²) in [5.41, 5.74) is 6.01. The summed E-state index contributed by atoms with van der Waals surface area (Å²) in [6, 6.07) is 0.858. The minimum absolute atomic E-state index is 0.0486. The van der Waals surface area contributed by atoms with Gasteiger partial charge in [0.05, 0.1) is 24.0 Å². The fourth-order valence-electron chi connectivity index (χ4n) is 4.88. The minimum atomic E-state index is -0.987. The molecule has 39 heavy (non-hydrogen) atoms. The zero-order valence-corrected chi connectivity index (χ0v) is 23.4. The molecule has 0 aliphatic carbocycles. The number of hydrogen-bond donors (Lipinski definition) is 5. The van der Waals surface area contributed by atoms with E-state index in [1.54, 1.807) is 32.9 Å². The minimum Gasteiger partial charge on any atom is -0.505 e. The summed E-state index contributed by atoms with van der Waals surface area (Å²) in [4.78, 5) is 24.5. The number of carbonyl (C=O) groups is 2. The number of amides is 2. The summed E-state index contributed by atoms with van der Waals surface area (Å²) in [5.74, 6) is -3.42. The molecule has 6 atom stereocenters. The van der Waals surface area contributed by atoms with E-state index in [-0.39, 0.29) is 23.6 Å². The van der Waals surface area contributed by atoms with Gasteiger partial charge in [0.1, 0.15) is 5.75 Å². The Hall–Kier alpha value is -3.15. The van der Waals surface area contributed by atoms with Crippen molar-refractivity contribution >= 4 is 17.7 Å². The fraction of sp³-hybridized carbons (Fsp3) is 0.571. The molecular formula is C28H41FN2O8. The topological polar surface area (TPSA) is 161 Å². The van der Waals surface area contributed by atoms with Gasteiger partial charge < -0.3 is 40.6 Å². The molecule has 2 rings (SSSR count). The number of nitrogens with two attached hydrogens (primary N) is 1. The third-order valence-corrected chi connectivity index (χ3v) is 7.10. The van der Waals surface area contributed by atoms with Crippen molar-refractivity contribution in [2.45, 2.75) is 77.8 Å². The normalized spacial score (nSPS) is 30.4. The average molecular weight is 553 g/mol. The van der Waals surface area contributed by atoms with Gasteiger partial charge in [-0.3, -0.25) is 4.79 Å². The number of anilines is 1. The monoisotopic (exact) mass is 552 g/mol. The van der Waals surface area contributed by atoms with Crippen LogP contribution in [0.3, 0.4) is 0 Å². The van der Waals surface area contributed by atoms with Crippen LogP contribution in [-0.4, -0.2) is 66.0 Å². The molecule has 1 aliphatic rings. The number of aromatic hydroxyl groups is 2. The molecule has 1 aromatic rings. The van der Waals surface area contributed by atoms with E-state index < -0.39 is 59.7 Å². The maximum atomic E-state index is 14.6. The number of rotatable bonds is 3. The molecule has 1 aromatic carbocycles. The first-order valence-corrected chi connectivity index (χ1v) is 12.9. The third kappa shape index (κ3) is 8.42. The fourth-order valence-corrected chi connectivity index (χ4v) is 4.88. The van der Waals surface area contributed by atoms with E-state index in [2.05, 4.69) is 5.32 Å². The molecule has 10 nitrogen and oxygen atoms in total. The Morgan fingerprint density at radius 1 is 1.13 bits per heavy atom. The molecule has 0 fully saturated rings. The Balaban J connectivity index is 2.56. The van der Waals surface area contributed by atoms with Crippen LogP contribution in [-0.2, 0) is 25.4 Å². The lowest BCUT2D eigenvalue weighted by molar-refractivity contribution is -0.112. The molecule has 2 amide bonds. The van der Waals surface area contributed by atoms with Crippen molar-refractivity contribution in [2.75, 3.05) is 19.5 Å². The van der Waals surface area contributed by atoms with Crippen LogP contribution in [0.5, 0.6) is 11.5 Å². The first-order valence-electron chi connectivity index (χ1n) is 12.9. The second-order valence-corrected chi connectivity index (χ2v) is 10.2. The van der Waals surface area contributed by atoms with Crippen LogP contribution >= 0.6 is 0 Å². The van der Waals surface area contributed by atoms with E-state index in [0.717, 1.165) is 6.07 Å². The van der Waals surface area contributed by atoms with E-state index in [4.69, 9.17) is 19.9 Å². The van der Waals surface area contributed by atoms with Crippen molar-refractivity contribution in [2.24, 2.45) is 17.6 Å². The third-order valence-electron chi connectivity index (χ3n) is 7.10. The quantitative estimate of drug-likeness (QED) is 0.214. The number of phenolic OH excluding ortho intramolecular Hbond substituents is 2. The number of allylic oxidation sites excluding steroid dienone is 1. The summed E-state index contributed by atoms with van der Waals surface area (Å²) in [6.45, 7) is 6.91. The van der Waals surface area contributed by atoms with Crippen LogP contribution in [0, 0.1) is 17.7 Å². The molecule has 1 aliphatic heterocycles. The second-order valence-electron chi connectivity index (χ2n) is 10.2. The second kappa shape index (κ2) is 14.3. The summed E-state index contributed by atoms with van der Waals surface area (Å²) in [7, 11) is 2.92. The van der Waals surface area contributed by atoms with Gasteiger partial charge in [0.2, 0.25) is 0 Å². The number of carbonyl (C=O) groups excluding carboxylic acids is 2.